The molecule has 6 heteroatoms. The Labute approximate surface area is 169 Å². The zero-order valence-electron chi connectivity index (χ0n) is 16.2. The summed E-state index contributed by atoms with van der Waals surface area (Å²) in [5.41, 5.74) is 2.98. The molecular weight excluding hydrogens is 366 g/mol. The van der Waals surface area contributed by atoms with Gasteiger partial charge in [-0.25, -0.2) is 0 Å². The molecule has 146 valence electrons. The first-order valence-corrected chi connectivity index (χ1v) is 9.06. The summed E-state index contributed by atoms with van der Waals surface area (Å²) in [6.07, 6.45) is 0. The fourth-order valence-corrected chi connectivity index (χ4v) is 2.77. The molecule has 0 unspecified atom stereocenters. The van der Waals surface area contributed by atoms with Crippen molar-refractivity contribution in [1.82, 2.24) is 0 Å². The van der Waals surface area contributed by atoms with Crippen LogP contribution in [-0.4, -0.2) is 24.8 Å². The van der Waals surface area contributed by atoms with Gasteiger partial charge in [-0.3, -0.25) is 14.4 Å². The van der Waals surface area contributed by atoms with Crippen molar-refractivity contribution in [3.8, 4) is 0 Å². The third-order valence-corrected chi connectivity index (χ3v) is 4.31. The smallest absolute Gasteiger partial charge is 0.258 e. The maximum atomic E-state index is 12.6. The Balaban J connectivity index is 1.65. The Hall–Kier alpha value is -3.93. The standard InChI is InChI=1S/C23H21N3O3/c1-16(27)24-19-12-14-20(15-13-19)25-22(28)17-8-10-18(11-9-17)23(29)26(2)21-6-4-3-5-7-21/h3-15H,1-2H3,(H,24,27)(H,25,28). The molecule has 0 heterocycles. The van der Waals surface area contributed by atoms with Gasteiger partial charge in [0.1, 0.15) is 0 Å². The van der Waals surface area contributed by atoms with Crippen LogP contribution in [0.4, 0.5) is 17.1 Å². The van der Waals surface area contributed by atoms with E-state index in [9.17, 15) is 14.4 Å². The van der Waals surface area contributed by atoms with E-state index in [-0.39, 0.29) is 17.7 Å². The van der Waals surface area contributed by atoms with Gasteiger partial charge in [0.2, 0.25) is 5.91 Å². The lowest BCUT2D eigenvalue weighted by atomic mass is 10.1. The zero-order valence-corrected chi connectivity index (χ0v) is 16.2. The molecule has 0 saturated carbocycles. The maximum Gasteiger partial charge on any atom is 0.258 e. The Kier molecular flexibility index (Phi) is 6.04. The van der Waals surface area contributed by atoms with E-state index in [4.69, 9.17) is 0 Å². The summed E-state index contributed by atoms with van der Waals surface area (Å²) in [5, 5.41) is 5.46. The van der Waals surface area contributed by atoms with Crippen LogP contribution in [0.5, 0.6) is 0 Å². The van der Waals surface area contributed by atoms with E-state index in [1.54, 1.807) is 60.5 Å². The van der Waals surface area contributed by atoms with Gasteiger partial charge in [0, 0.05) is 42.2 Å². The molecule has 0 aliphatic carbocycles. The highest BCUT2D eigenvalue weighted by molar-refractivity contribution is 6.08. The first-order chi connectivity index (χ1) is 13.9. The molecule has 3 amide bonds. The fourth-order valence-electron chi connectivity index (χ4n) is 2.77. The number of nitrogens with one attached hydrogen (secondary N) is 2. The predicted molar refractivity (Wildman–Crippen MR) is 114 cm³/mol. The van der Waals surface area contributed by atoms with Gasteiger partial charge in [-0.1, -0.05) is 18.2 Å². The van der Waals surface area contributed by atoms with E-state index in [2.05, 4.69) is 10.6 Å². The van der Waals surface area contributed by atoms with Crippen molar-refractivity contribution in [2.75, 3.05) is 22.6 Å². The molecule has 3 rings (SSSR count). The minimum absolute atomic E-state index is 0.156. The first kappa shape index (κ1) is 19.8. The molecule has 0 bridgehead atoms. The summed E-state index contributed by atoms with van der Waals surface area (Å²) >= 11 is 0. The third kappa shape index (κ3) is 5.07. The number of anilines is 3. The Morgan fingerprint density at radius 2 is 1.21 bits per heavy atom. The summed E-state index contributed by atoms with van der Waals surface area (Å²) in [4.78, 5) is 37.7. The van der Waals surface area contributed by atoms with Crippen LogP contribution in [0.25, 0.3) is 0 Å². The fraction of sp³-hybridized carbons (Fsp3) is 0.0870. The van der Waals surface area contributed by atoms with Crippen molar-refractivity contribution >= 4 is 34.8 Å². The minimum atomic E-state index is -0.285. The highest BCUT2D eigenvalue weighted by Gasteiger charge is 2.14. The molecule has 0 atom stereocenters. The van der Waals surface area contributed by atoms with Crippen molar-refractivity contribution in [3.05, 3.63) is 90.0 Å². The second kappa shape index (κ2) is 8.84. The SMILES string of the molecule is CC(=O)Nc1ccc(NC(=O)c2ccc(C(=O)N(C)c3ccccc3)cc2)cc1. The van der Waals surface area contributed by atoms with Gasteiger partial charge in [0.25, 0.3) is 11.8 Å². The monoisotopic (exact) mass is 387 g/mol. The number of amides is 3. The Morgan fingerprint density at radius 3 is 1.76 bits per heavy atom. The highest BCUT2D eigenvalue weighted by atomic mass is 16.2. The van der Waals surface area contributed by atoms with Gasteiger partial charge < -0.3 is 15.5 Å². The third-order valence-electron chi connectivity index (χ3n) is 4.31. The van der Waals surface area contributed by atoms with E-state index in [1.165, 1.54) is 6.92 Å². The number of nitrogens with zero attached hydrogens (tertiary/aromatic N) is 1. The van der Waals surface area contributed by atoms with Crippen LogP contribution in [0, 0.1) is 0 Å². The van der Waals surface area contributed by atoms with Crippen molar-refractivity contribution in [2.45, 2.75) is 6.92 Å². The molecule has 29 heavy (non-hydrogen) atoms. The quantitative estimate of drug-likeness (QED) is 0.690. The normalized spacial score (nSPS) is 10.1. The lowest BCUT2D eigenvalue weighted by Crippen LogP contribution is -2.26. The molecule has 0 fully saturated rings. The molecule has 0 spiro atoms. The first-order valence-electron chi connectivity index (χ1n) is 9.06. The lowest BCUT2D eigenvalue weighted by Gasteiger charge is -2.17. The number of para-hydroxylation sites is 1. The summed E-state index contributed by atoms with van der Waals surface area (Å²) in [6.45, 7) is 1.43. The molecule has 0 aliphatic heterocycles. The van der Waals surface area contributed by atoms with Crippen LogP contribution in [0.15, 0.2) is 78.9 Å². The number of hydrogen-bond acceptors (Lipinski definition) is 3. The van der Waals surface area contributed by atoms with Gasteiger partial charge in [0.05, 0.1) is 0 Å². The zero-order chi connectivity index (χ0) is 20.8. The summed E-state index contributed by atoms with van der Waals surface area (Å²) in [5.74, 6) is -0.598. The summed E-state index contributed by atoms with van der Waals surface area (Å²) in [6, 6.07) is 22.7. The minimum Gasteiger partial charge on any atom is -0.326 e. The lowest BCUT2D eigenvalue weighted by molar-refractivity contribution is -0.114. The topological polar surface area (TPSA) is 78.5 Å². The molecule has 3 aromatic carbocycles. The average Bonchev–Trinajstić information content (AvgIpc) is 2.74. The van der Waals surface area contributed by atoms with Crippen LogP contribution in [-0.2, 0) is 4.79 Å². The maximum absolute atomic E-state index is 12.6. The largest absolute Gasteiger partial charge is 0.326 e. The molecule has 0 radical (unpaired) electrons. The average molecular weight is 387 g/mol. The molecule has 3 aromatic rings. The van der Waals surface area contributed by atoms with E-state index < -0.39 is 0 Å². The Morgan fingerprint density at radius 1 is 0.690 bits per heavy atom. The van der Waals surface area contributed by atoms with Crippen LogP contribution < -0.4 is 15.5 Å². The molecule has 6 nitrogen and oxygen atoms in total. The van der Waals surface area contributed by atoms with Gasteiger partial charge >= 0.3 is 0 Å². The highest BCUT2D eigenvalue weighted by Crippen LogP contribution is 2.17. The van der Waals surface area contributed by atoms with E-state index in [1.807, 2.05) is 30.3 Å². The van der Waals surface area contributed by atoms with Crippen molar-refractivity contribution < 1.29 is 14.4 Å². The number of hydrogen-bond donors (Lipinski definition) is 2. The Bertz CT molecular complexity index is 1010. The van der Waals surface area contributed by atoms with E-state index in [0.29, 0.717) is 22.5 Å². The molecule has 2 N–H and O–H groups in total. The number of benzene rings is 3. The van der Waals surface area contributed by atoms with Gasteiger partial charge in [-0.15, -0.1) is 0 Å². The number of carbonyl (C=O) groups excluding carboxylic acids is 3. The van der Waals surface area contributed by atoms with Gasteiger partial charge in [-0.05, 0) is 60.7 Å². The van der Waals surface area contributed by atoms with Gasteiger partial charge in [0.15, 0.2) is 0 Å². The van der Waals surface area contributed by atoms with Crippen molar-refractivity contribution in [3.63, 3.8) is 0 Å². The molecule has 0 saturated heterocycles. The molecule has 0 aliphatic rings. The van der Waals surface area contributed by atoms with Crippen LogP contribution >= 0.6 is 0 Å². The van der Waals surface area contributed by atoms with Crippen molar-refractivity contribution in [2.24, 2.45) is 0 Å². The van der Waals surface area contributed by atoms with Crippen molar-refractivity contribution in [1.29, 1.82) is 0 Å². The number of carbonyl (C=O) groups is 3. The molecular formula is C23H21N3O3. The second-order valence-corrected chi connectivity index (χ2v) is 6.49. The summed E-state index contributed by atoms with van der Waals surface area (Å²) < 4.78 is 0. The molecule has 0 aromatic heterocycles. The van der Waals surface area contributed by atoms with Crippen LogP contribution in [0.2, 0.25) is 0 Å². The van der Waals surface area contributed by atoms with Crippen LogP contribution in [0.1, 0.15) is 27.6 Å². The van der Waals surface area contributed by atoms with Crippen LogP contribution in [0.3, 0.4) is 0 Å². The van der Waals surface area contributed by atoms with Gasteiger partial charge in [-0.2, -0.15) is 0 Å². The van der Waals surface area contributed by atoms with E-state index >= 15 is 0 Å². The predicted octanol–water partition coefficient (Wildman–Crippen LogP) is 4.17. The second-order valence-electron chi connectivity index (χ2n) is 6.49. The summed E-state index contributed by atoms with van der Waals surface area (Å²) in [7, 11) is 1.71. The number of rotatable bonds is 5. The van der Waals surface area contributed by atoms with E-state index in [0.717, 1.165) is 5.69 Å².